The normalized spacial score (nSPS) is 10.6. The average molecular weight is 378 g/mol. The van der Waals surface area contributed by atoms with Gasteiger partial charge in [0, 0.05) is 10.9 Å². The minimum atomic E-state index is -0.611. The van der Waals surface area contributed by atoms with Crippen LogP contribution in [0.2, 0.25) is 4.34 Å². The SMILES string of the molecule is Cc1ccc(-c2nc(C(=O)OCC(=O)c3ccc(Cl)s3)cs2)cc1. The summed E-state index contributed by atoms with van der Waals surface area (Å²) >= 11 is 8.30. The second-order valence-corrected chi connectivity index (χ2v) is 7.58. The molecule has 3 rings (SSSR count). The largest absolute Gasteiger partial charge is 0.453 e. The molecule has 24 heavy (non-hydrogen) atoms. The van der Waals surface area contributed by atoms with E-state index < -0.39 is 5.97 Å². The summed E-state index contributed by atoms with van der Waals surface area (Å²) in [4.78, 5) is 28.7. The second kappa shape index (κ2) is 7.25. The predicted octanol–water partition coefficient (Wildman–Crippen LogP) is 4.87. The number of ketones is 1. The minimum Gasteiger partial charge on any atom is -0.453 e. The molecule has 1 aromatic carbocycles. The van der Waals surface area contributed by atoms with Crippen LogP contribution in [0, 0.1) is 6.92 Å². The third-order valence-electron chi connectivity index (χ3n) is 3.19. The van der Waals surface area contributed by atoms with Crippen molar-refractivity contribution in [3.05, 3.63) is 62.2 Å². The number of hydrogen-bond donors (Lipinski definition) is 0. The summed E-state index contributed by atoms with van der Waals surface area (Å²) in [6.45, 7) is 1.68. The van der Waals surface area contributed by atoms with Crippen LogP contribution < -0.4 is 0 Å². The first kappa shape index (κ1) is 16.8. The van der Waals surface area contributed by atoms with Gasteiger partial charge in [0.25, 0.3) is 0 Å². The Morgan fingerprint density at radius 2 is 1.92 bits per heavy atom. The number of ether oxygens (including phenoxy) is 1. The number of esters is 1. The number of benzene rings is 1. The number of nitrogens with zero attached hydrogens (tertiary/aromatic N) is 1. The molecular weight excluding hydrogens is 366 g/mol. The molecule has 0 radical (unpaired) electrons. The third kappa shape index (κ3) is 3.90. The van der Waals surface area contributed by atoms with Crippen LogP contribution in [0.15, 0.2) is 41.8 Å². The lowest BCUT2D eigenvalue weighted by Gasteiger charge is -2.00. The fraction of sp³-hybridized carbons (Fsp3) is 0.118. The van der Waals surface area contributed by atoms with E-state index in [2.05, 4.69) is 4.98 Å². The van der Waals surface area contributed by atoms with Crippen LogP contribution in [0.4, 0.5) is 0 Å². The number of aromatic nitrogens is 1. The lowest BCUT2D eigenvalue weighted by Crippen LogP contribution is -2.13. The molecule has 0 aliphatic heterocycles. The molecular formula is C17H12ClNO3S2. The smallest absolute Gasteiger partial charge is 0.358 e. The first-order chi connectivity index (χ1) is 11.5. The monoisotopic (exact) mass is 377 g/mol. The highest BCUT2D eigenvalue weighted by Crippen LogP contribution is 2.25. The molecule has 0 fully saturated rings. The van der Waals surface area contributed by atoms with Gasteiger partial charge in [-0.1, -0.05) is 41.4 Å². The van der Waals surface area contributed by atoms with E-state index in [0.29, 0.717) is 9.21 Å². The van der Waals surface area contributed by atoms with E-state index in [1.54, 1.807) is 17.5 Å². The standard InChI is InChI=1S/C17H12ClNO3S2/c1-10-2-4-11(5-3-10)16-19-12(9-23-16)17(21)22-8-13(20)14-6-7-15(18)24-14/h2-7,9H,8H2,1H3. The Labute approximate surface area is 151 Å². The molecule has 0 N–H and O–H groups in total. The van der Waals surface area contributed by atoms with Gasteiger partial charge < -0.3 is 4.74 Å². The number of thiophene rings is 1. The van der Waals surface area contributed by atoms with E-state index in [1.807, 2.05) is 31.2 Å². The van der Waals surface area contributed by atoms with Crippen LogP contribution >= 0.6 is 34.3 Å². The van der Waals surface area contributed by atoms with Gasteiger partial charge >= 0.3 is 5.97 Å². The van der Waals surface area contributed by atoms with Gasteiger partial charge in [-0.15, -0.1) is 22.7 Å². The second-order valence-electron chi connectivity index (χ2n) is 5.01. The van der Waals surface area contributed by atoms with Crippen LogP contribution in [0.3, 0.4) is 0 Å². The molecule has 4 nitrogen and oxygen atoms in total. The quantitative estimate of drug-likeness (QED) is 0.470. The number of Topliss-reactive ketones (excluding diaryl/α,β-unsaturated/α-hetero) is 1. The Balaban J connectivity index is 1.63. The highest BCUT2D eigenvalue weighted by molar-refractivity contribution is 7.18. The van der Waals surface area contributed by atoms with Crippen LogP contribution in [0.25, 0.3) is 10.6 Å². The van der Waals surface area contributed by atoms with E-state index in [4.69, 9.17) is 16.3 Å². The fourth-order valence-corrected chi connectivity index (χ4v) is 3.70. The summed E-state index contributed by atoms with van der Waals surface area (Å²) in [5.41, 5.74) is 2.30. The van der Waals surface area contributed by atoms with Gasteiger partial charge in [0.15, 0.2) is 12.3 Å². The number of rotatable bonds is 5. The average Bonchev–Trinajstić information content (AvgIpc) is 3.22. The molecule has 0 saturated carbocycles. The van der Waals surface area contributed by atoms with Crippen LogP contribution in [0.1, 0.15) is 25.7 Å². The highest BCUT2D eigenvalue weighted by Gasteiger charge is 2.16. The number of thiazole rings is 1. The molecule has 0 amide bonds. The van der Waals surface area contributed by atoms with E-state index in [9.17, 15) is 9.59 Å². The highest BCUT2D eigenvalue weighted by atomic mass is 35.5. The van der Waals surface area contributed by atoms with Crippen molar-refractivity contribution in [1.82, 2.24) is 4.98 Å². The number of hydrogen-bond acceptors (Lipinski definition) is 6. The van der Waals surface area contributed by atoms with Gasteiger partial charge in [-0.3, -0.25) is 4.79 Å². The molecule has 0 atom stereocenters. The van der Waals surface area contributed by atoms with Crippen molar-refractivity contribution in [3.8, 4) is 10.6 Å². The first-order valence-corrected chi connectivity index (χ1v) is 9.08. The molecule has 0 aliphatic carbocycles. The zero-order valence-electron chi connectivity index (χ0n) is 12.6. The number of carbonyl (C=O) groups excluding carboxylic acids is 2. The zero-order valence-corrected chi connectivity index (χ0v) is 15.0. The molecule has 0 unspecified atom stereocenters. The summed E-state index contributed by atoms with van der Waals surface area (Å²) in [7, 11) is 0. The molecule has 3 aromatic rings. The predicted molar refractivity (Wildman–Crippen MR) is 96.2 cm³/mol. The molecule has 0 bridgehead atoms. The number of aryl methyl sites for hydroxylation is 1. The van der Waals surface area contributed by atoms with Crippen molar-refractivity contribution in [2.75, 3.05) is 6.61 Å². The van der Waals surface area contributed by atoms with Crippen molar-refractivity contribution in [3.63, 3.8) is 0 Å². The zero-order chi connectivity index (χ0) is 17.1. The van der Waals surface area contributed by atoms with Crippen LogP contribution in [-0.2, 0) is 4.74 Å². The molecule has 0 aliphatic rings. The topological polar surface area (TPSA) is 56.3 Å². The van der Waals surface area contributed by atoms with Gasteiger partial charge in [0.2, 0.25) is 5.78 Å². The van der Waals surface area contributed by atoms with Crippen molar-refractivity contribution in [1.29, 1.82) is 0 Å². The summed E-state index contributed by atoms with van der Waals surface area (Å²) < 4.78 is 5.56. The molecule has 2 aromatic heterocycles. The maximum atomic E-state index is 12.0. The summed E-state index contributed by atoms with van der Waals surface area (Å²) in [6, 6.07) is 11.1. The van der Waals surface area contributed by atoms with Gasteiger partial charge in [0.05, 0.1) is 9.21 Å². The van der Waals surface area contributed by atoms with Gasteiger partial charge in [-0.25, -0.2) is 9.78 Å². The lowest BCUT2D eigenvalue weighted by molar-refractivity contribution is 0.0471. The number of carbonyl (C=O) groups is 2. The fourth-order valence-electron chi connectivity index (χ4n) is 1.94. The van der Waals surface area contributed by atoms with Crippen molar-refractivity contribution in [2.45, 2.75) is 6.92 Å². The van der Waals surface area contributed by atoms with Gasteiger partial charge in [-0.05, 0) is 19.1 Å². The van der Waals surface area contributed by atoms with Crippen molar-refractivity contribution >= 4 is 46.0 Å². The summed E-state index contributed by atoms with van der Waals surface area (Å²) in [5, 5.41) is 2.36. The Kier molecular flexibility index (Phi) is 5.08. The first-order valence-electron chi connectivity index (χ1n) is 7.01. The van der Waals surface area contributed by atoms with Crippen LogP contribution in [0.5, 0.6) is 0 Å². The van der Waals surface area contributed by atoms with E-state index in [0.717, 1.165) is 27.5 Å². The Morgan fingerprint density at radius 3 is 2.58 bits per heavy atom. The summed E-state index contributed by atoms with van der Waals surface area (Å²) in [5.74, 6) is -0.894. The van der Waals surface area contributed by atoms with Crippen LogP contribution in [-0.4, -0.2) is 23.3 Å². The molecule has 0 saturated heterocycles. The van der Waals surface area contributed by atoms with Gasteiger partial charge in [-0.2, -0.15) is 0 Å². The number of halogens is 1. The summed E-state index contributed by atoms with van der Waals surface area (Å²) in [6.07, 6.45) is 0. The van der Waals surface area contributed by atoms with Crippen molar-refractivity contribution < 1.29 is 14.3 Å². The minimum absolute atomic E-state index is 0.201. The van der Waals surface area contributed by atoms with E-state index in [1.165, 1.54) is 11.3 Å². The molecule has 7 heteroatoms. The van der Waals surface area contributed by atoms with E-state index in [-0.39, 0.29) is 18.1 Å². The Bertz CT molecular complexity index is 883. The molecule has 2 heterocycles. The maximum Gasteiger partial charge on any atom is 0.358 e. The van der Waals surface area contributed by atoms with E-state index >= 15 is 0 Å². The maximum absolute atomic E-state index is 12.0. The lowest BCUT2D eigenvalue weighted by atomic mass is 10.2. The molecule has 122 valence electrons. The Hall–Kier alpha value is -2.02. The Morgan fingerprint density at radius 1 is 1.17 bits per heavy atom. The molecule has 0 spiro atoms. The third-order valence-corrected chi connectivity index (χ3v) is 5.36. The van der Waals surface area contributed by atoms with Crippen molar-refractivity contribution in [2.24, 2.45) is 0 Å². The van der Waals surface area contributed by atoms with Gasteiger partial charge in [0.1, 0.15) is 5.01 Å².